The molecule has 1 aliphatic carbocycles. The summed E-state index contributed by atoms with van der Waals surface area (Å²) in [4.78, 5) is 23.6. The van der Waals surface area contributed by atoms with Gasteiger partial charge in [-0.25, -0.2) is 4.79 Å². The fourth-order valence-electron chi connectivity index (χ4n) is 3.34. The molecular weight excluding hydrogens is 306 g/mol. The second kappa shape index (κ2) is 8.18. The Bertz CT molecular complexity index is 548. The maximum atomic E-state index is 11.9. The van der Waals surface area contributed by atoms with Crippen molar-refractivity contribution in [2.75, 3.05) is 6.54 Å². The molecule has 1 amide bonds. The van der Waals surface area contributed by atoms with Crippen LogP contribution in [0.2, 0.25) is 0 Å². The number of nitrogens with one attached hydrogen (secondary N) is 1. The van der Waals surface area contributed by atoms with Gasteiger partial charge in [0.15, 0.2) is 0 Å². The molecular formula is C19H27NO4. The van der Waals surface area contributed by atoms with E-state index in [9.17, 15) is 14.7 Å². The number of benzene rings is 1. The van der Waals surface area contributed by atoms with Gasteiger partial charge in [-0.2, -0.15) is 0 Å². The summed E-state index contributed by atoms with van der Waals surface area (Å²) in [5, 5.41) is 12.3. The number of rotatable bonds is 6. The van der Waals surface area contributed by atoms with Gasteiger partial charge in [0.25, 0.3) is 0 Å². The average molecular weight is 333 g/mol. The first-order valence-corrected chi connectivity index (χ1v) is 8.61. The van der Waals surface area contributed by atoms with E-state index in [1.54, 1.807) is 0 Å². The van der Waals surface area contributed by atoms with Gasteiger partial charge in [0.2, 0.25) is 0 Å². The van der Waals surface area contributed by atoms with Crippen molar-refractivity contribution in [2.45, 2.75) is 46.1 Å². The van der Waals surface area contributed by atoms with E-state index in [0.717, 1.165) is 18.4 Å². The van der Waals surface area contributed by atoms with Gasteiger partial charge in [-0.3, -0.25) is 4.79 Å². The minimum absolute atomic E-state index is 0.126. The van der Waals surface area contributed by atoms with Crippen molar-refractivity contribution in [3.8, 4) is 0 Å². The normalized spacial score (nSPS) is 23.7. The molecule has 5 heteroatoms. The van der Waals surface area contributed by atoms with Gasteiger partial charge in [-0.15, -0.1) is 0 Å². The summed E-state index contributed by atoms with van der Waals surface area (Å²) in [7, 11) is 0. The van der Waals surface area contributed by atoms with Crippen LogP contribution in [0.1, 0.15) is 45.1 Å². The van der Waals surface area contributed by atoms with Crippen LogP contribution in [0.15, 0.2) is 30.3 Å². The molecule has 1 saturated carbocycles. The molecule has 0 bridgehead atoms. The van der Waals surface area contributed by atoms with Crippen LogP contribution in [-0.4, -0.2) is 23.7 Å². The molecule has 132 valence electrons. The maximum Gasteiger partial charge on any atom is 0.407 e. The monoisotopic (exact) mass is 333 g/mol. The topological polar surface area (TPSA) is 75.6 Å². The van der Waals surface area contributed by atoms with Crippen molar-refractivity contribution in [1.29, 1.82) is 0 Å². The Balaban J connectivity index is 1.83. The number of amides is 1. The summed E-state index contributed by atoms with van der Waals surface area (Å²) in [6.45, 7) is 4.66. The average Bonchev–Trinajstić information content (AvgIpc) is 2.59. The van der Waals surface area contributed by atoms with E-state index in [0.29, 0.717) is 24.7 Å². The summed E-state index contributed by atoms with van der Waals surface area (Å²) >= 11 is 0. The number of carboxylic acid groups (broad SMARTS) is 1. The van der Waals surface area contributed by atoms with E-state index in [-0.39, 0.29) is 13.2 Å². The second-order valence-electron chi connectivity index (χ2n) is 7.08. The van der Waals surface area contributed by atoms with Gasteiger partial charge >= 0.3 is 12.1 Å². The lowest BCUT2D eigenvalue weighted by atomic mass is 9.68. The van der Waals surface area contributed by atoms with Crippen molar-refractivity contribution in [1.82, 2.24) is 5.32 Å². The van der Waals surface area contributed by atoms with Crippen molar-refractivity contribution in [3.05, 3.63) is 35.9 Å². The van der Waals surface area contributed by atoms with Crippen molar-refractivity contribution in [3.63, 3.8) is 0 Å². The van der Waals surface area contributed by atoms with Gasteiger partial charge in [-0.1, -0.05) is 44.2 Å². The van der Waals surface area contributed by atoms with Crippen LogP contribution in [0.3, 0.4) is 0 Å². The SMILES string of the molecule is CC(C)C1CCC(CNC(=O)OCc2ccccc2)(C(=O)O)CC1. The van der Waals surface area contributed by atoms with Gasteiger partial charge in [-0.05, 0) is 43.1 Å². The number of carboxylic acids is 1. The molecule has 1 aromatic rings. The number of alkyl carbamates (subject to hydrolysis) is 1. The minimum atomic E-state index is -0.864. The number of hydrogen-bond donors (Lipinski definition) is 2. The lowest BCUT2D eigenvalue weighted by molar-refractivity contribution is -0.151. The first-order valence-electron chi connectivity index (χ1n) is 8.61. The number of carbonyl (C=O) groups excluding carboxylic acids is 1. The fraction of sp³-hybridized carbons (Fsp3) is 0.579. The predicted molar refractivity (Wildman–Crippen MR) is 91.5 cm³/mol. The highest BCUT2D eigenvalue weighted by Gasteiger charge is 2.42. The van der Waals surface area contributed by atoms with Crippen molar-refractivity contribution in [2.24, 2.45) is 17.3 Å². The molecule has 2 N–H and O–H groups in total. The second-order valence-corrected chi connectivity index (χ2v) is 7.08. The van der Waals surface area contributed by atoms with Crippen LogP contribution < -0.4 is 5.32 Å². The number of carbonyl (C=O) groups is 2. The first kappa shape index (κ1) is 18.3. The summed E-state index contributed by atoms with van der Waals surface area (Å²) < 4.78 is 5.16. The molecule has 0 radical (unpaired) electrons. The highest BCUT2D eigenvalue weighted by Crippen LogP contribution is 2.41. The van der Waals surface area contributed by atoms with Crippen molar-refractivity contribution < 1.29 is 19.4 Å². The van der Waals surface area contributed by atoms with Gasteiger partial charge < -0.3 is 15.2 Å². The Morgan fingerprint density at radius 1 is 1.25 bits per heavy atom. The smallest absolute Gasteiger partial charge is 0.407 e. The van der Waals surface area contributed by atoms with Crippen LogP contribution in [-0.2, 0) is 16.1 Å². The van der Waals surface area contributed by atoms with E-state index in [4.69, 9.17) is 4.74 Å². The Labute approximate surface area is 143 Å². The van der Waals surface area contributed by atoms with Crippen LogP contribution in [0, 0.1) is 17.3 Å². The molecule has 1 aromatic carbocycles. The quantitative estimate of drug-likeness (QED) is 0.829. The Kier molecular flexibility index (Phi) is 6.23. The van der Waals surface area contributed by atoms with E-state index < -0.39 is 17.5 Å². The third-order valence-corrected chi connectivity index (χ3v) is 5.17. The molecule has 0 unspecified atom stereocenters. The molecule has 0 aliphatic heterocycles. The van der Waals surface area contributed by atoms with E-state index in [2.05, 4.69) is 19.2 Å². The van der Waals surface area contributed by atoms with E-state index in [1.165, 1.54) is 0 Å². The van der Waals surface area contributed by atoms with Gasteiger partial charge in [0.1, 0.15) is 6.61 Å². The fourth-order valence-corrected chi connectivity index (χ4v) is 3.34. The molecule has 0 saturated heterocycles. The van der Waals surface area contributed by atoms with Crippen LogP contribution in [0.5, 0.6) is 0 Å². The molecule has 24 heavy (non-hydrogen) atoms. The molecule has 1 fully saturated rings. The molecule has 0 spiro atoms. The standard InChI is InChI=1S/C19H27NO4/c1-14(2)16-8-10-19(11-9-16,17(21)22)13-20-18(23)24-12-15-6-4-3-5-7-15/h3-7,14,16H,8-13H2,1-2H3,(H,20,23)(H,21,22). The van der Waals surface area contributed by atoms with Gasteiger partial charge in [0.05, 0.1) is 5.41 Å². The summed E-state index contributed by atoms with van der Waals surface area (Å²) in [5.41, 5.74) is 0.0370. The molecule has 0 atom stereocenters. The lowest BCUT2D eigenvalue weighted by Crippen LogP contribution is -2.45. The van der Waals surface area contributed by atoms with Gasteiger partial charge in [0, 0.05) is 6.54 Å². The molecule has 0 aromatic heterocycles. The Morgan fingerprint density at radius 3 is 2.42 bits per heavy atom. The zero-order chi connectivity index (χ0) is 17.6. The lowest BCUT2D eigenvalue weighted by Gasteiger charge is -2.38. The highest BCUT2D eigenvalue weighted by atomic mass is 16.5. The molecule has 5 nitrogen and oxygen atoms in total. The van der Waals surface area contributed by atoms with Crippen molar-refractivity contribution >= 4 is 12.1 Å². The van der Waals surface area contributed by atoms with Crippen LogP contribution in [0.4, 0.5) is 4.79 Å². The van der Waals surface area contributed by atoms with Crippen LogP contribution >= 0.6 is 0 Å². The summed E-state index contributed by atoms with van der Waals surface area (Å²) in [6, 6.07) is 9.40. The number of hydrogen-bond acceptors (Lipinski definition) is 3. The maximum absolute atomic E-state index is 11.9. The van der Waals surface area contributed by atoms with E-state index in [1.807, 2.05) is 30.3 Å². The largest absolute Gasteiger partial charge is 0.481 e. The molecule has 0 heterocycles. The zero-order valence-corrected chi connectivity index (χ0v) is 14.5. The zero-order valence-electron chi connectivity index (χ0n) is 14.5. The third kappa shape index (κ3) is 4.73. The number of aliphatic carboxylic acids is 1. The summed E-state index contributed by atoms with van der Waals surface area (Å²) in [6.07, 6.45) is 2.43. The predicted octanol–water partition coefficient (Wildman–Crippen LogP) is 3.83. The summed E-state index contributed by atoms with van der Waals surface area (Å²) in [5.74, 6) is 0.316. The molecule has 1 aliphatic rings. The minimum Gasteiger partial charge on any atom is -0.481 e. The number of ether oxygens (including phenoxy) is 1. The third-order valence-electron chi connectivity index (χ3n) is 5.17. The van der Waals surface area contributed by atoms with E-state index >= 15 is 0 Å². The Morgan fingerprint density at radius 2 is 1.88 bits per heavy atom. The Hall–Kier alpha value is -2.04. The van der Waals surface area contributed by atoms with Crippen LogP contribution in [0.25, 0.3) is 0 Å². The first-order chi connectivity index (χ1) is 11.4. The highest BCUT2D eigenvalue weighted by molar-refractivity contribution is 5.76. The molecule has 2 rings (SSSR count).